The Hall–Kier alpha value is -3.20. The van der Waals surface area contributed by atoms with E-state index in [-0.39, 0.29) is 11.5 Å². The number of carboxylic acid groups (broad SMARTS) is 1. The zero-order valence-corrected chi connectivity index (χ0v) is 19.4. The number of carboxylic acids is 1. The molecule has 9 heteroatoms. The number of hydrogen-bond donors (Lipinski definition) is 2. The molecule has 0 aliphatic heterocycles. The fraction of sp³-hybridized carbons (Fsp3) is 0.273. The Labute approximate surface area is 189 Å². The van der Waals surface area contributed by atoms with E-state index in [0.717, 1.165) is 21.4 Å². The van der Waals surface area contributed by atoms with Crippen LogP contribution in [0.3, 0.4) is 0 Å². The second-order valence-corrected chi connectivity index (χ2v) is 8.22. The first-order valence-corrected chi connectivity index (χ1v) is 10.5. The Balaban J connectivity index is 1.77. The molecular formula is C22H24BrN5O3. The number of carbonyl (C=O) groups is 2. The highest BCUT2D eigenvalue weighted by Crippen LogP contribution is 2.22. The van der Waals surface area contributed by atoms with Crippen LogP contribution in [0, 0.1) is 13.8 Å². The predicted molar refractivity (Wildman–Crippen MR) is 123 cm³/mol. The molecule has 0 radical (unpaired) electrons. The molecule has 8 nitrogen and oxygen atoms in total. The average Bonchev–Trinajstić information content (AvgIpc) is 2.97. The van der Waals surface area contributed by atoms with Crippen molar-refractivity contribution in [2.45, 2.75) is 20.3 Å². The van der Waals surface area contributed by atoms with Gasteiger partial charge in [0.1, 0.15) is 11.4 Å². The van der Waals surface area contributed by atoms with Crippen molar-refractivity contribution in [1.82, 2.24) is 14.8 Å². The van der Waals surface area contributed by atoms with Gasteiger partial charge in [0.15, 0.2) is 0 Å². The largest absolute Gasteiger partial charge is 0.478 e. The van der Waals surface area contributed by atoms with Gasteiger partial charge in [-0.25, -0.2) is 9.78 Å². The lowest BCUT2D eigenvalue weighted by atomic mass is 10.1. The normalized spacial score (nSPS) is 10.7. The Morgan fingerprint density at radius 1 is 1.23 bits per heavy atom. The molecule has 3 rings (SSSR count). The van der Waals surface area contributed by atoms with Gasteiger partial charge in [-0.2, -0.15) is 5.10 Å². The number of amides is 1. The van der Waals surface area contributed by atoms with Gasteiger partial charge in [-0.15, -0.1) is 0 Å². The molecule has 0 fully saturated rings. The first-order chi connectivity index (χ1) is 14.7. The summed E-state index contributed by atoms with van der Waals surface area (Å²) in [6.45, 7) is 4.55. The van der Waals surface area contributed by atoms with Crippen LogP contribution in [0.1, 0.15) is 37.7 Å². The third kappa shape index (κ3) is 5.11. The summed E-state index contributed by atoms with van der Waals surface area (Å²) in [7, 11) is 3.71. The minimum absolute atomic E-state index is 0.0238. The molecule has 3 aromatic rings. The molecule has 1 aromatic carbocycles. The average molecular weight is 486 g/mol. The number of anilines is 2. The van der Waals surface area contributed by atoms with Crippen LogP contribution in [0.4, 0.5) is 11.5 Å². The zero-order chi connectivity index (χ0) is 22.7. The Bertz CT molecular complexity index is 1120. The molecule has 0 saturated heterocycles. The summed E-state index contributed by atoms with van der Waals surface area (Å²) < 4.78 is 2.71. The number of likely N-dealkylation sites (N-methyl/N-ethyl adjacent to an activating group) is 1. The number of rotatable bonds is 7. The molecular weight excluding hydrogens is 462 g/mol. The predicted octanol–water partition coefficient (Wildman–Crippen LogP) is 3.82. The van der Waals surface area contributed by atoms with Crippen molar-refractivity contribution in [3.63, 3.8) is 0 Å². The molecule has 0 unspecified atom stereocenters. The Morgan fingerprint density at radius 3 is 2.48 bits per heavy atom. The smallest absolute Gasteiger partial charge is 0.339 e. The summed E-state index contributed by atoms with van der Waals surface area (Å²) >= 11 is 3.33. The van der Waals surface area contributed by atoms with Crippen molar-refractivity contribution < 1.29 is 14.7 Å². The fourth-order valence-corrected chi connectivity index (χ4v) is 3.62. The number of aromatic nitrogens is 3. The van der Waals surface area contributed by atoms with E-state index in [1.165, 1.54) is 12.3 Å². The van der Waals surface area contributed by atoms with Gasteiger partial charge in [-0.05, 0) is 56.2 Å². The highest BCUT2D eigenvalue weighted by molar-refractivity contribution is 9.10. The fourth-order valence-electron chi connectivity index (χ4n) is 3.36. The molecule has 0 aliphatic rings. The highest BCUT2D eigenvalue weighted by atomic mass is 79.9. The standard InChI is InChI=1S/C22H24BrN5O3/c1-13-18(14(2)28(4)26-13)9-10-27(3)20-19(22(30)31)11-17(12-24-20)25-21(29)15-5-7-16(23)8-6-15/h5-8,11-12H,9-10H2,1-4H3,(H,25,29)(H,30,31). The highest BCUT2D eigenvalue weighted by Gasteiger charge is 2.18. The number of aryl methyl sites for hydroxylation is 2. The summed E-state index contributed by atoms with van der Waals surface area (Å²) in [5.74, 6) is -1.11. The molecule has 162 valence electrons. The summed E-state index contributed by atoms with van der Waals surface area (Å²) in [5.41, 5.74) is 4.00. The molecule has 0 atom stereocenters. The lowest BCUT2D eigenvalue weighted by molar-refractivity contribution is 0.0697. The van der Waals surface area contributed by atoms with Gasteiger partial charge in [0.2, 0.25) is 0 Å². The van der Waals surface area contributed by atoms with Crippen LogP contribution in [0.25, 0.3) is 0 Å². The number of benzene rings is 1. The lowest BCUT2D eigenvalue weighted by Crippen LogP contribution is -2.24. The first kappa shape index (κ1) is 22.5. The first-order valence-electron chi connectivity index (χ1n) is 9.68. The Kier molecular flexibility index (Phi) is 6.74. The molecule has 31 heavy (non-hydrogen) atoms. The van der Waals surface area contributed by atoms with E-state index in [2.05, 4.69) is 31.3 Å². The minimum atomic E-state index is -1.11. The van der Waals surface area contributed by atoms with Crippen molar-refractivity contribution in [1.29, 1.82) is 0 Å². The van der Waals surface area contributed by atoms with Crippen LogP contribution in [0.15, 0.2) is 41.0 Å². The maximum absolute atomic E-state index is 12.4. The molecule has 1 amide bonds. The quantitative estimate of drug-likeness (QED) is 0.527. The molecule has 2 heterocycles. The number of pyridine rings is 1. The van der Waals surface area contributed by atoms with E-state index >= 15 is 0 Å². The summed E-state index contributed by atoms with van der Waals surface area (Å²) in [6.07, 6.45) is 2.18. The van der Waals surface area contributed by atoms with E-state index in [9.17, 15) is 14.7 Å². The number of nitrogens with zero attached hydrogens (tertiary/aromatic N) is 4. The molecule has 2 aromatic heterocycles. The SMILES string of the molecule is Cc1nn(C)c(C)c1CCN(C)c1ncc(NC(=O)c2ccc(Br)cc2)cc1C(=O)O. The van der Waals surface area contributed by atoms with Crippen molar-refractivity contribution in [3.8, 4) is 0 Å². The third-order valence-corrected chi connectivity index (χ3v) is 5.71. The van der Waals surface area contributed by atoms with E-state index in [0.29, 0.717) is 30.0 Å². The number of hydrogen-bond acceptors (Lipinski definition) is 5. The van der Waals surface area contributed by atoms with Crippen molar-refractivity contribution >= 4 is 39.3 Å². The van der Waals surface area contributed by atoms with E-state index in [1.807, 2.05) is 25.6 Å². The molecule has 0 bridgehead atoms. The molecule has 0 aliphatic carbocycles. The number of aromatic carboxylic acids is 1. The van der Waals surface area contributed by atoms with E-state index in [4.69, 9.17) is 0 Å². The van der Waals surface area contributed by atoms with Gasteiger partial charge in [-0.3, -0.25) is 9.48 Å². The van der Waals surface area contributed by atoms with Gasteiger partial charge < -0.3 is 15.3 Å². The van der Waals surface area contributed by atoms with E-state index in [1.54, 1.807) is 36.2 Å². The van der Waals surface area contributed by atoms with Crippen LogP contribution in [-0.2, 0) is 13.5 Å². The van der Waals surface area contributed by atoms with Gasteiger partial charge in [-0.1, -0.05) is 15.9 Å². The summed E-state index contributed by atoms with van der Waals surface area (Å²) in [5, 5.41) is 16.8. The second-order valence-electron chi connectivity index (χ2n) is 7.31. The minimum Gasteiger partial charge on any atom is -0.478 e. The third-order valence-electron chi connectivity index (χ3n) is 5.18. The molecule has 0 saturated carbocycles. The van der Waals surface area contributed by atoms with Gasteiger partial charge in [0, 0.05) is 36.4 Å². The van der Waals surface area contributed by atoms with Crippen molar-refractivity contribution in [2.24, 2.45) is 7.05 Å². The number of halogens is 1. The molecule has 0 spiro atoms. The molecule has 2 N–H and O–H groups in total. The summed E-state index contributed by atoms with van der Waals surface area (Å²) in [6, 6.07) is 8.31. The number of carbonyl (C=O) groups excluding carboxylic acids is 1. The van der Waals surface area contributed by atoms with Crippen LogP contribution < -0.4 is 10.2 Å². The maximum atomic E-state index is 12.4. The van der Waals surface area contributed by atoms with Gasteiger partial charge >= 0.3 is 5.97 Å². The van der Waals surface area contributed by atoms with Gasteiger partial charge in [0.05, 0.1) is 17.6 Å². The second kappa shape index (κ2) is 9.30. The van der Waals surface area contributed by atoms with Crippen LogP contribution in [0.2, 0.25) is 0 Å². The van der Waals surface area contributed by atoms with Crippen molar-refractivity contribution in [3.05, 3.63) is 69.1 Å². The van der Waals surface area contributed by atoms with Crippen LogP contribution in [0.5, 0.6) is 0 Å². The monoisotopic (exact) mass is 485 g/mol. The number of nitrogens with one attached hydrogen (secondary N) is 1. The maximum Gasteiger partial charge on any atom is 0.339 e. The van der Waals surface area contributed by atoms with Gasteiger partial charge in [0.25, 0.3) is 5.91 Å². The van der Waals surface area contributed by atoms with Crippen LogP contribution in [-0.4, -0.2) is 45.3 Å². The van der Waals surface area contributed by atoms with Crippen molar-refractivity contribution in [2.75, 3.05) is 23.8 Å². The Morgan fingerprint density at radius 2 is 1.90 bits per heavy atom. The lowest BCUT2D eigenvalue weighted by Gasteiger charge is -2.20. The zero-order valence-electron chi connectivity index (χ0n) is 17.8. The summed E-state index contributed by atoms with van der Waals surface area (Å²) in [4.78, 5) is 30.4. The van der Waals surface area contributed by atoms with E-state index < -0.39 is 5.97 Å². The van der Waals surface area contributed by atoms with Crippen LogP contribution >= 0.6 is 15.9 Å². The topological polar surface area (TPSA) is 100 Å².